The monoisotopic (exact) mass is 360 g/mol. The average Bonchev–Trinajstić information content (AvgIpc) is 3.36. The van der Waals surface area contributed by atoms with E-state index in [9.17, 15) is 0 Å². The molecule has 6 heteroatoms. The van der Waals surface area contributed by atoms with E-state index in [1.807, 2.05) is 42.5 Å². The third-order valence-corrected chi connectivity index (χ3v) is 5.80. The summed E-state index contributed by atoms with van der Waals surface area (Å²) in [4.78, 5) is 14.3. The van der Waals surface area contributed by atoms with Crippen LogP contribution >= 0.6 is 0 Å². The Labute approximate surface area is 159 Å². The van der Waals surface area contributed by atoms with Gasteiger partial charge in [0, 0.05) is 56.3 Å². The number of nitrogens with zero attached hydrogens (tertiary/aromatic N) is 6. The lowest BCUT2D eigenvalue weighted by Crippen LogP contribution is -2.36. The SMILES string of the molecule is Cn1cc(CN2CC[C@]3(C2)CN(Cc2ccccn2)c2cccnc23)cn1. The summed E-state index contributed by atoms with van der Waals surface area (Å²) in [6.07, 6.45) is 9.04. The first kappa shape index (κ1) is 16.4. The summed E-state index contributed by atoms with van der Waals surface area (Å²) >= 11 is 0. The highest BCUT2D eigenvalue weighted by Gasteiger charge is 2.48. The second-order valence-electron chi connectivity index (χ2n) is 7.81. The molecule has 0 bridgehead atoms. The van der Waals surface area contributed by atoms with Crippen LogP contribution in [0.2, 0.25) is 0 Å². The summed E-state index contributed by atoms with van der Waals surface area (Å²) in [5, 5.41) is 4.31. The molecule has 0 N–H and O–H groups in total. The molecule has 2 aliphatic rings. The number of hydrogen-bond acceptors (Lipinski definition) is 5. The van der Waals surface area contributed by atoms with Gasteiger partial charge in [-0.25, -0.2) is 0 Å². The van der Waals surface area contributed by atoms with Crippen LogP contribution in [0.25, 0.3) is 0 Å². The van der Waals surface area contributed by atoms with E-state index in [1.165, 1.54) is 16.9 Å². The molecule has 1 saturated heterocycles. The van der Waals surface area contributed by atoms with Gasteiger partial charge in [0.15, 0.2) is 0 Å². The van der Waals surface area contributed by atoms with Crippen molar-refractivity contribution in [3.05, 3.63) is 72.1 Å². The van der Waals surface area contributed by atoms with Gasteiger partial charge in [-0.2, -0.15) is 5.10 Å². The van der Waals surface area contributed by atoms with E-state index in [2.05, 4.69) is 44.3 Å². The van der Waals surface area contributed by atoms with E-state index in [1.54, 1.807) is 0 Å². The van der Waals surface area contributed by atoms with Crippen molar-refractivity contribution in [2.45, 2.75) is 24.9 Å². The van der Waals surface area contributed by atoms with Crippen LogP contribution in [0, 0.1) is 0 Å². The topological polar surface area (TPSA) is 50.1 Å². The number of aromatic nitrogens is 4. The Morgan fingerprint density at radius 2 is 1.96 bits per heavy atom. The van der Waals surface area contributed by atoms with Crippen LogP contribution in [0.4, 0.5) is 5.69 Å². The van der Waals surface area contributed by atoms with Crippen LogP contribution in [0.1, 0.15) is 23.4 Å². The van der Waals surface area contributed by atoms with Gasteiger partial charge in [-0.3, -0.25) is 19.5 Å². The van der Waals surface area contributed by atoms with Crippen molar-refractivity contribution < 1.29 is 0 Å². The van der Waals surface area contributed by atoms with Gasteiger partial charge in [-0.05, 0) is 37.2 Å². The molecule has 5 rings (SSSR count). The predicted octanol–water partition coefficient (Wildman–Crippen LogP) is 2.37. The standard InChI is InChI=1S/C21H24N6/c1-25-12-17(11-24-25)13-26-10-7-21(15-26)16-27(14-18-5-2-3-8-22-18)19-6-4-9-23-20(19)21/h2-6,8-9,11-12H,7,10,13-16H2,1H3/t21-/m0/s1. The van der Waals surface area contributed by atoms with Crippen LogP contribution in [-0.4, -0.2) is 44.3 Å². The van der Waals surface area contributed by atoms with Crippen molar-refractivity contribution in [1.29, 1.82) is 0 Å². The smallest absolute Gasteiger partial charge is 0.0729 e. The third kappa shape index (κ3) is 3.00. The number of fused-ring (bicyclic) bond motifs is 2. The number of anilines is 1. The van der Waals surface area contributed by atoms with Gasteiger partial charge < -0.3 is 4.90 Å². The van der Waals surface area contributed by atoms with Gasteiger partial charge in [-0.1, -0.05) is 6.07 Å². The van der Waals surface area contributed by atoms with Crippen LogP contribution < -0.4 is 4.90 Å². The maximum atomic E-state index is 4.83. The molecule has 3 aromatic heterocycles. The Bertz CT molecular complexity index is 937. The second kappa shape index (κ2) is 6.46. The summed E-state index contributed by atoms with van der Waals surface area (Å²) in [6.45, 7) is 4.95. The number of pyridine rings is 2. The van der Waals surface area contributed by atoms with E-state index in [0.29, 0.717) is 0 Å². The first-order chi connectivity index (χ1) is 13.2. The minimum atomic E-state index is 0.119. The Morgan fingerprint density at radius 3 is 2.78 bits per heavy atom. The molecule has 1 atom stereocenters. The Hall–Kier alpha value is -2.73. The number of rotatable bonds is 4. The maximum absolute atomic E-state index is 4.83. The fraction of sp³-hybridized carbons (Fsp3) is 0.381. The molecule has 0 unspecified atom stereocenters. The van der Waals surface area contributed by atoms with E-state index < -0.39 is 0 Å². The Kier molecular flexibility index (Phi) is 3.93. The summed E-state index contributed by atoms with van der Waals surface area (Å²) < 4.78 is 1.88. The molecule has 0 aliphatic carbocycles. The number of likely N-dealkylation sites (tertiary alicyclic amines) is 1. The maximum Gasteiger partial charge on any atom is 0.0729 e. The highest BCUT2D eigenvalue weighted by molar-refractivity contribution is 5.60. The van der Waals surface area contributed by atoms with Gasteiger partial charge in [0.05, 0.1) is 29.8 Å². The molecule has 6 nitrogen and oxygen atoms in total. The lowest BCUT2D eigenvalue weighted by molar-refractivity contribution is 0.305. The van der Waals surface area contributed by atoms with Crippen LogP contribution in [0.15, 0.2) is 55.1 Å². The number of aryl methyl sites for hydroxylation is 1. The van der Waals surface area contributed by atoms with Gasteiger partial charge in [0.1, 0.15) is 0 Å². The fourth-order valence-corrected chi connectivity index (χ4v) is 4.64. The zero-order valence-corrected chi connectivity index (χ0v) is 15.6. The molecule has 5 heterocycles. The number of hydrogen-bond donors (Lipinski definition) is 0. The molecule has 1 spiro atoms. The molecule has 0 aromatic carbocycles. The van der Waals surface area contributed by atoms with Crippen molar-refractivity contribution in [2.24, 2.45) is 7.05 Å². The lowest BCUT2D eigenvalue weighted by Gasteiger charge is -2.25. The van der Waals surface area contributed by atoms with Crippen molar-refractivity contribution in [3.8, 4) is 0 Å². The summed E-state index contributed by atoms with van der Waals surface area (Å²) in [5.74, 6) is 0. The minimum absolute atomic E-state index is 0.119. The van der Waals surface area contributed by atoms with Crippen LogP contribution in [0.5, 0.6) is 0 Å². The highest BCUT2D eigenvalue weighted by atomic mass is 15.3. The molecule has 27 heavy (non-hydrogen) atoms. The average molecular weight is 360 g/mol. The zero-order chi connectivity index (χ0) is 18.3. The van der Waals surface area contributed by atoms with Crippen molar-refractivity contribution >= 4 is 5.69 Å². The molecular weight excluding hydrogens is 336 g/mol. The zero-order valence-electron chi connectivity index (χ0n) is 15.6. The summed E-state index contributed by atoms with van der Waals surface area (Å²) in [5.41, 5.74) is 5.03. The second-order valence-corrected chi connectivity index (χ2v) is 7.81. The quantitative estimate of drug-likeness (QED) is 0.715. The Balaban J connectivity index is 1.38. The van der Waals surface area contributed by atoms with Gasteiger partial charge in [-0.15, -0.1) is 0 Å². The predicted molar refractivity (Wildman–Crippen MR) is 104 cm³/mol. The van der Waals surface area contributed by atoms with Gasteiger partial charge in [0.2, 0.25) is 0 Å². The van der Waals surface area contributed by atoms with Crippen LogP contribution in [-0.2, 0) is 25.6 Å². The molecule has 1 fully saturated rings. The normalized spacial score (nSPS) is 21.9. The van der Waals surface area contributed by atoms with Crippen LogP contribution in [0.3, 0.4) is 0 Å². The van der Waals surface area contributed by atoms with Crippen molar-refractivity contribution in [3.63, 3.8) is 0 Å². The van der Waals surface area contributed by atoms with Gasteiger partial charge >= 0.3 is 0 Å². The van der Waals surface area contributed by atoms with E-state index in [0.717, 1.165) is 44.8 Å². The van der Waals surface area contributed by atoms with E-state index in [4.69, 9.17) is 4.98 Å². The largest absolute Gasteiger partial charge is 0.363 e. The first-order valence-corrected chi connectivity index (χ1v) is 9.52. The fourth-order valence-electron chi connectivity index (χ4n) is 4.64. The third-order valence-electron chi connectivity index (χ3n) is 5.80. The van der Waals surface area contributed by atoms with Crippen molar-refractivity contribution in [2.75, 3.05) is 24.5 Å². The molecule has 3 aromatic rings. The minimum Gasteiger partial charge on any atom is -0.363 e. The van der Waals surface area contributed by atoms with E-state index in [-0.39, 0.29) is 5.41 Å². The molecule has 0 amide bonds. The Morgan fingerprint density at radius 1 is 1.04 bits per heavy atom. The first-order valence-electron chi connectivity index (χ1n) is 9.52. The summed E-state index contributed by atoms with van der Waals surface area (Å²) in [7, 11) is 1.97. The molecular formula is C21H24N6. The lowest BCUT2D eigenvalue weighted by atomic mass is 9.85. The molecule has 138 valence electrons. The highest BCUT2D eigenvalue weighted by Crippen LogP contribution is 2.45. The summed E-state index contributed by atoms with van der Waals surface area (Å²) in [6, 6.07) is 10.4. The van der Waals surface area contributed by atoms with Crippen molar-refractivity contribution in [1.82, 2.24) is 24.6 Å². The van der Waals surface area contributed by atoms with Gasteiger partial charge in [0.25, 0.3) is 0 Å². The molecule has 0 saturated carbocycles. The van der Waals surface area contributed by atoms with E-state index >= 15 is 0 Å². The molecule has 2 aliphatic heterocycles. The molecule has 0 radical (unpaired) electrons.